The molecule has 0 N–H and O–H groups in total. The highest BCUT2D eigenvalue weighted by Gasteiger charge is 2.56. The predicted octanol–water partition coefficient (Wildman–Crippen LogP) is 5.55. The summed E-state index contributed by atoms with van der Waals surface area (Å²) < 4.78 is 12.8. The van der Waals surface area contributed by atoms with Gasteiger partial charge in [-0.05, 0) is 97.3 Å². The highest BCUT2D eigenvalue weighted by atomic mass is 31.0. The van der Waals surface area contributed by atoms with Crippen LogP contribution in [0.3, 0.4) is 0 Å². The number of fused-ring (bicyclic) bond motifs is 5. The Morgan fingerprint density at radius 3 is 3.00 bits per heavy atom. The van der Waals surface area contributed by atoms with Crippen LogP contribution >= 0.6 is 9.41 Å². The molecule has 0 spiro atoms. The molecule has 7 atom stereocenters. The molecule has 0 saturated heterocycles. The fourth-order valence-electron chi connectivity index (χ4n) is 6.81. The Morgan fingerprint density at radius 2 is 2.24 bits per heavy atom. The average Bonchev–Trinajstić information content (AvgIpc) is 2.91. The number of hydrogen-bond acceptors (Lipinski definition) is 2. The van der Waals surface area contributed by atoms with Gasteiger partial charge in [-0.3, -0.25) is 0 Å². The Morgan fingerprint density at radius 1 is 1.40 bits per heavy atom. The van der Waals surface area contributed by atoms with Gasteiger partial charge in [0.15, 0.2) is 0 Å². The van der Waals surface area contributed by atoms with Crippen LogP contribution in [0, 0.1) is 29.1 Å². The third-order valence-electron chi connectivity index (χ3n) is 7.89. The van der Waals surface area contributed by atoms with E-state index in [1.165, 1.54) is 36.8 Å². The Bertz CT molecular complexity index is 705. The van der Waals surface area contributed by atoms with E-state index in [-0.39, 0.29) is 9.41 Å². The SMILES string of the molecule is [3H]POc1ccc2c(c1)CC(C)C1C2CCC2(C)C1CC[C@@H]2CC(C)=O. The van der Waals surface area contributed by atoms with E-state index in [2.05, 4.69) is 32.0 Å². The Balaban J connectivity index is 1.64. The number of rotatable bonds is 4. The molecule has 2 saturated carbocycles. The summed E-state index contributed by atoms with van der Waals surface area (Å²) >= 11 is 0. The van der Waals surface area contributed by atoms with Gasteiger partial charge in [0.25, 0.3) is 0 Å². The number of ketones is 1. The number of carbonyl (C=O) groups excluding carboxylic acids is 1. The van der Waals surface area contributed by atoms with Gasteiger partial charge in [0, 0.05) is 6.42 Å². The standard InChI is InChI=1S/C22H31O2P/c1-13-10-15-12-17(24-25)5-6-18(15)19-8-9-22(3)16(11-14(2)23)4-7-20(22)21(13)19/h5-6,12-13,16,19-21H,4,7-11,25H2,1-3H3/t13?,16-,19?,20?,21?,22?/m1/s1/i25T/t13?,16-,19?,20?,21?,22?,25?. The maximum atomic E-state index is 11.8. The van der Waals surface area contributed by atoms with Crippen molar-refractivity contribution >= 4 is 15.2 Å². The number of carbonyl (C=O) groups is 1. The first-order chi connectivity index (χ1) is 12.4. The largest absolute Gasteiger partial charge is 0.480 e. The van der Waals surface area contributed by atoms with E-state index in [1.807, 2.05) is 0 Å². The number of hydrogen-bond donors (Lipinski definition) is 0. The second kappa shape index (κ2) is 6.38. The van der Waals surface area contributed by atoms with Crippen molar-refractivity contribution in [2.75, 3.05) is 0 Å². The molecule has 3 aliphatic carbocycles. The lowest BCUT2D eigenvalue weighted by Gasteiger charge is -2.53. The molecular weight excluding hydrogens is 327 g/mol. The number of benzene rings is 1. The van der Waals surface area contributed by atoms with Gasteiger partial charge in [-0.1, -0.05) is 19.9 Å². The van der Waals surface area contributed by atoms with Crippen molar-refractivity contribution in [3.8, 4) is 5.75 Å². The lowest BCUT2D eigenvalue weighted by atomic mass is 9.51. The third kappa shape index (κ3) is 2.76. The Kier molecular flexibility index (Phi) is 4.16. The predicted molar refractivity (Wildman–Crippen MR) is 105 cm³/mol. The maximum absolute atomic E-state index is 11.8. The van der Waals surface area contributed by atoms with E-state index in [1.54, 1.807) is 6.92 Å². The van der Waals surface area contributed by atoms with E-state index in [0.29, 0.717) is 29.0 Å². The van der Waals surface area contributed by atoms with Crippen LogP contribution in [0.15, 0.2) is 18.2 Å². The van der Waals surface area contributed by atoms with Crippen LogP contribution in [0.4, 0.5) is 0 Å². The van der Waals surface area contributed by atoms with Crippen molar-refractivity contribution in [1.29, 1.82) is 1.28 Å². The average molecular weight is 360 g/mol. The molecule has 3 heteroatoms. The smallest absolute Gasteiger partial charge is 0.130 e. The molecule has 3 aliphatic rings. The van der Waals surface area contributed by atoms with Crippen LogP contribution in [-0.4, -0.2) is 7.06 Å². The van der Waals surface area contributed by atoms with Gasteiger partial charge in [0.1, 0.15) is 11.5 Å². The van der Waals surface area contributed by atoms with Crippen LogP contribution in [0.1, 0.15) is 69.9 Å². The minimum Gasteiger partial charge on any atom is -0.480 e. The van der Waals surface area contributed by atoms with E-state index in [9.17, 15) is 4.79 Å². The second-order valence-corrected chi connectivity index (χ2v) is 9.36. The summed E-state index contributed by atoms with van der Waals surface area (Å²) in [4.78, 5) is 11.8. The zero-order valence-electron chi connectivity index (χ0n) is 16.7. The Labute approximate surface area is 155 Å². The van der Waals surface area contributed by atoms with Gasteiger partial charge in [0.05, 0.1) is 10.7 Å². The molecule has 2 fully saturated rings. The molecule has 0 amide bonds. The van der Waals surface area contributed by atoms with Crippen LogP contribution in [0.2, 0.25) is 0 Å². The van der Waals surface area contributed by atoms with Crippen LogP contribution in [0.25, 0.3) is 0 Å². The molecule has 0 heterocycles. The van der Waals surface area contributed by atoms with Gasteiger partial charge >= 0.3 is 0 Å². The molecule has 2 nitrogen and oxygen atoms in total. The first kappa shape index (κ1) is 16.3. The molecule has 6 unspecified atom stereocenters. The molecule has 0 bridgehead atoms. The van der Waals surface area contributed by atoms with E-state index in [0.717, 1.165) is 30.4 Å². The summed E-state index contributed by atoms with van der Waals surface area (Å²) in [6.45, 7) is 6.69. The van der Waals surface area contributed by atoms with Crippen LogP contribution < -0.4 is 4.52 Å². The molecule has 1 aromatic rings. The van der Waals surface area contributed by atoms with Gasteiger partial charge in [-0.2, -0.15) is 0 Å². The first-order valence-corrected chi connectivity index (χ1v) is 10.3. The summed E-state index contributed by atoms with van der Waals surface area (Å²) in [5, 5.41) is 0. The van der Waals surface area contributed by atoms with Gasteiger partial charge in [-0.15, -0.1) is 0 Å². The zero-order chi connectivity index (χ0) is 18.5. The minimum atomic E-state index is -0.244. The second-order valence-electron chi connectivity index (χ2n) is 9.16. The third-order valence-corrected chi connectivity index (χ3v) is 8.13. The Hall–Kier alpha value is -0.880. The summed E-state index contributed by atoms with van der Waals surface area (Å²) in [7, 11) is -0.244. The molecule has 136 valence electrons. The summed E-state index contributed by atoms with van der Waals surface area (Å²) in [5.74, 6) is 4.67. The molecule has 1 aromatic carbocycles. The summed E-state index contributed by atoms with van der Waals surface area (Å²) in [6.07, 6.45) is 6.96. The topological polar surface area (TPSA) is 26.3 Å². The van der Waals surface area contributed by atoms with Gasteiger partial charge in [-0.25, -0.2) is 0 Å². The van der Waals surface area contributed by atoms with E-state index in [4.69, 9.17) is 5.80 Å². The summed E-state index contributed by atoms with van der Waals surface area (Å²) in [5.41, 5.74) is 3.33. The fourth-order valence-corrected chi connectivity index (χ4v) is 6.94. The molecule has 0 radical (unpaired) electrons. The maximum Gasteiger partial charge on any atom is 0.130 e. The minimum absolute atomic E-state index is 0.244. The lowest BCUT2D eigenvalue weighted by molar-refractivity contribution is -0.119. The lowest BCUT2D eigenvalue weighted by Crippen LogP contribution is -2.45. The first-order valence-electron chi connectivity index (χ1n) is 10.4. The van der Waals surface area contributed by atoms with Crippen molar-refractivity contribution in [1.82, 2.24) is 0 Å². The van der Waals surface area contributed by atoms with Crippen LogP contribution in [-0.2, 0) is 11.2 Å². The monoisotopic (exact) mass is 360 g/mol. The van der Waals surface area contributed by atoms with Crippen molar-refractivity contribution < 1.29 is 9.32 Å². The summed E-state index contributed by atoms with van der Waals surface area (Å²) in [6, 6.07) is 6.53. The molecule has 4 rings (SSSR count). The zero-order valence-corrected chi connectivity index (χ0v) is 16.7. The van der Waals surface area contributed by atoms with E-state index < -0.39 is 0 Å². The molecule has 0 aliphatic heterocycles. The van der Waals surface area contributed by atoms with Crippen molar-refractivity contribution in [2.24, 2.45) is 29.1 Å². The van der Waals surface area contributed by atoms with Gasteiger partial charge in [0.2, 0.25) is 0 Å². The van der Waals surface area contributed by atoms with Gasteiger partial charge < -0.3 is 9.32 Å². The number of Topliss-reactive ketones (excluding diaryl/α,β-unsaturated/α-hetero) is 1. The normalized spacial score (nSPS) is 40.3. The highest BCUT2D eigenvalue weighted by molar-refractivity contribution is 7.10. The van der Waals surface area contributed by atoms with Crippen molar-refractivity contribution in [2.45, 2.75) is 65.2 Å². The van der Waals surface area contributed by atoms with Crippen molar-refractivity contribution in [3.63, 3.8) is 0 Å². The fraction of sp³-hybridized carbons (Fsp3) is 0.682. The van der Waals surface area contributed by atoms with E-state index >= 15 is 0 Å². The molecule has 0 aromatic heterocycles. The molecule has 25 heavy (non-hydrogen) atoms. The van der Waals surface area contributed by atoms with Crippen LogP contribution in [0.5, 0.6) is 5.75 Å². The van der Waals surface area contributed by atoms with Crippen molar-refractivity contribution in [3.05, 3.63) is 29.3 Å². The molecular formula is C22H31O2P. The highest BCUT2D eigenvalue weighted by Crippen LogP contribution is 2.64. The quantitative estimate of drug-likeness (QED) is 0.658.